The zero-order valence-electron chi connectivity index (χ0n) is 11.7. The van der Waals surface area contributed by atoms with Crippen molar-refractivity contribution in [2.45, 2.75) is 31.7 Å². The Bertz CT molecular complexity index is 236. The lowest BCUT2D eigenvalue weighted by atomic mass is 10.0. The highest BCUT2D eigenvalue weighted by molar-refractivity contribution is 5.77. The van der Waals surface area contributed by atoms with Crippen LogP contribution >= 0.6 is 0 Å². The molecule has 0 aliphatic carbocycles. The highest BCUT2D eigenvalue weighted by atomic mass is 16.5. The second-order valence-corrected chi connectivity index (χ2v) is 4.96. The molecule has 1 saturated heterocycles. The van der Waals surface area contributed by atoms with Crippen LogP contribution < -0.4 is 10.6 Å². The molecule has 106 valence electrons. The Morgan fingerprint density at radius 1 is 1.44 bits per heavy atom. The van der Waals surface area contributed by atoms with Gasteiger partial charge in [0.05, 0.1) is 6.54 Å². The molecule has 1 unspecified atom stereocenters. The summed E-state index contributed by atoms with van der Waals surface area (Å²) in [5.41, 5.74) is 0. The van der Waals surface area contributed by atoms with Gasteiger partial charge in [0.1, 0.15) is 0 Å². The molecule has 1 fully saturated rings. The van der Waals surface area contributed by atoms with Crippen molar-refractivity contribution in [3.05, 3.63) is 0 Å². The number of piperidine rings is 1. The minimum atomic E-state index is 0.0737. The van der Waals surface area contributed by atoms with Crippen molar-refractivity contribution in [3.8, 4) is 0 Å². The molecule has 1 aliphatic heterocycles. The van der Waals surface area contributed by atoms with Crippen LogP contribution in [0.1, 0.15) is 25.7 Å². The van der Waals surface area contributed by atoms with E-state index in [-0.39, 0.29) is 5.91 Å². The van der Waals surface area contributed by atoms with E-state index in [1.54, 1.807) is 7.11 Å². The first-order valence-electron chi connectivity index (χ1n) is 6.90. The normalized spacial score (nSPS) is 20.9. The summed E-state index contributed by atoms with van der Waals surface area (Å²) in [6, 6.07) is 0.583. The Labute approximate surface area is 110 Å². The van der Waals surface area contributed by atoms with Crippen LogP contribution in [0.25, 0.3) is 0 Å². The van der Waals surface area contributed by atoms with Crippen molar-refractivity contribution in [2.75, 3.05) is 46.9 Å². The fraction of sp³-hybridized carbons (Fsp3) is 0.923. The molecule has 0 saturated carbocycles. The molecule has 0 aromatic heterocycles. The van der Waals surface area contributed by atoms with E-state index in [0.29, 0.717) is 25.7 Å². The van der Waals surface area contributed by atoms with Crippen LogP contribution in [0.15, 0.2) is 0 Å². The van der Waals surface area contributed by atoms with Crippen LogP contribution in [-0.2, 0) is 9.53 Å². The quantitative estimate of drug-likeness (QED) is 0.611. The summed E-state index contributed by atoms with van der Waals surface area (Å²) >= 11 is 0. The first kappa shape index (κ1) is 15.4. The molecule has 5 nitrogen and oxygen atoms in total. The fourth-order valence-electron chi connectivity index (χ4n) is 2.26. The number of carbonyl (C=O) groups excluding carboxylic acids is 1. The van der Waals surface area contributed by atoms with E-state index in [1.807, 2.05) is 0 Å². The summed E-state index contributed by atoms with van der Waals surface area (Å²) in [5, 5.41) is 6.11. The van der Waals surface area contributed by atoms with Gasteiger partial charge in [-0.1, -0.05) is 6.42 Å². The number of hydrogen-bond acceptors (Lipinski definition) is 4. The van der Waals surface area contributed by atoms with Crippen molar-refractivity contribution in [1.82, 2.24) is 15.5 Å². The number of rotatable bonds is 8. The van der Waals surface area contributed by atoms with Crippen molar-refractivity contribution in [3.63, 3.8) is 0 Å². The maximum atomic E-state index is 11.5. The van der Waals surface area contributed by atoms with Gasteiger partial charge in [-0.2, -0.15) is 0 Å². The highest BCUT2D eigenvalue weighted by Crippen LogP contribution is 2.13. The molecule has 0 aromatic carbocycles. The molecule has 1 atom stereocenters. The van der Waals surface area contributed by atoms with Crippen LogP contribution in [0.3, 0.4) is 0 Å². The first-order valence-corrected chi connectivity index (χ1v) is 6.90. The van der Waals surface area contributed by atoms with Crippen molar-refractivity contribution >= 4 is 5.91 Å². The zero-order valence-corrected chi connectivity index (χ0v) is 11.7. The summed E-state index contributed by atoms with van der Waals surface area (Å²) in [6.45, 7) is 3.88. The van der Waals surface area contributed by atoms with E-state index in [0.717, 1.165) is 13.0 Å². The maximum Gasteiger partial charge on any atom is 0.233 e. The van der Waals surface area contributed by atoms with Gasteiger partial charge in [-0.25, -0.2) is 0 Å². The first-order chi connectivity index (χ1) is 8.74. The SMILES string of the molecule is COCCCNC(=O)CNCC1CCCCN1C. The fourth-order valence-corrected chi connectivity index (χ4v) is 2.26. The Morgan fingerprint density at radius 3 is 3.00 bits per heavy atom. The van der Waals surface area contributed by atoms with E-state index in [4.69, 9.17) is 4.74 Å². The van der Waals surface area contributed by atoms with Gasteiger partial charge in [-0.05, 0) is 32.9 Å². The van der Waals surface area contributed by atoms with Gasteiger partial charge in [0, 0.05) is 32.8 Å². The predicted octanol–water partition coefficient (Wildman–Crippen LogP) is 0.213. The maximum absolute atomic E-state index is 11.5. The molecule has 1 rings (SSSR count). The van der Waals surface area contributed by atoms with Gasteiger partial charge < -0.3 is 20.3 Å². The average Bonchev–Trinajstić information content (AvgIpc) is 2.37. The third-order valence-electron chi connectivity index (χ3n) is 3.43. The van der Waals surface area contributed by atoms with Crippen LogP contribution in [0.4, 0.5) is 0 Å². The van der Waals surface area contributed by atoms with Gasteiger partial charge in [-0.3, -0.25) is 4.79 Å². The highest BCUT2D eigenvalue weighted by Gasteiger charge is 2.18. The van der Waals surface area contributed by atoms with Gasteiger partial charge in [0.15, 0.2) is 0 Å². The standard InChI is InChI=1S/C13H27N3O2/c1-16-8-4-3-6-12(16)10-14-11-13(17)15-7-5-9-18-2/h12,14H,3-11H2,1-2H3,(H,15,17). The predicted molar refractivity (Wildman–Crippen MR) is 72.6 cm³/mol. The molecular weight excluding hydrogens is 230 g/mol. The second-order valence-electron chi connectivity index (χ2n) is 4.96. The van der Waals surface area contributed by atoms with Crippen molar-refractivity contribution in [2.24, 2.45) is 0 Å². The molecular formula is C13H27N3O2. The second kappa shape index (κ2) is 9.30. The number of carbonyl (C=O) groups is 1. The number of nitrogens with zero attached hydrogens (tertiary/aromatic N) is 1. The number of ether oxygens (including phenoxy) is 1. The lowest BCUT2D eigenvalue weighted by molar-refractivity contribution is -0.120. The van der Waals surface area contributed by atoms with E-state index in [9.17, 15) is 4.79 Å². The minimum absolute atomic E-state index is 0.0737. The topological polar surface area (TPSA) is 53.6 Å². The van der Waals surface area contributed by atoms with E-state index in [2.05, 4.69) is 22.6 Å². The molecule has 2 N–H and O–H groups in total. The van der Waals surface area contributed by atoms with Gasteiger partial charge in [0.25, 0.3) is 0 Å². The number of likely N-dealkylation sites (tertiary alicyclic amines) is 1. The van der Waals surface area contributed by atoms with Crippen LogP contribution in [0.2, 0.25) is 0 Å². The van der Waals surface area contributed by atoms with Crippen LogP contribution in [-0.4, -0.2) is 63.8 Å². The summed E-state index contributed by atoms with van der Waals surface area (Å²) in [4.78, 5) is 13.9. The Balaban J connectivity index is 2.00. The number of likely N-dealkylation sites (N-methyl/N-ethyl adjacent to an activating group) is 1. The number of amides is 1. The average molecular weight is 257 g/mol. The minimum Gasteiger partial charge on any atom is -0.385 e. The molecule has 0 spiro atoms. The van der Waals surface area contributed by atoms with Gasteiger partial charge in [0.2, 0.25) is 5.91 Å². The summed E-state index contributed by atoms with van der Waals surface area (Å²) in [5.74, 6) is 0.0737. The molecule has 18 heavy (non-hydrogen) atoms. The molecule has 5 heteroatoms. The third kappa shape index (κ3) is 6.33. The van der Waals surface area contributed by atoms with Crippen LogP contribution in [0, 0.1) is 0 Å². The molecule has 1 heterocycles. The Hall–Kier alpha value is -0.650. The van der Waals surface area contributed by atoms with E-state index < -0.39 is 0 Å². The Kier molecular flexibility index (Phi) is 7.96. The van der Waals surface area contributed by atoms with E-state index >= 15 is 0 Å². The molecule has 0 radical (unpaired) electrons. The molecule has 0 aromatic rings. The van der Waals surface area contributed by atoms with Crippen LogP contribution in [0.5, 0.6) is 0 Å². The zero-order chi connectivity index (χ0) is 13.2. The number of methoxy groups -OCH3 is 1. The number of nitrogens with one attached hydrogen (secondary N) is 2. The van der Waals surface area contributed by atoms with Gasteiger partial charge in [-0.15, -0.1) is 0 Å². The summed E-state index contributed by atoms with van der Waals surface area (Å²) in [6.07, 6.45) is 4.71. The summed E-state index contributed by atoms with van der Waals surface area (Å²) < 4.78 is 4.92. The molecule has 1 aliphatic rings. The number of hydrogen-bond donors (Lipinski definition) is 2. The monoisotopic (exact) mass is 257 g/mol. The van der Waals surface area contributed by atoms with Gasteiger partial charge >= 0.3 is 0 Å². The Morgan fingerprint density at radius 2 is 2.28 bits per heavy atom. The largest absolute Gasteiger partial charge is 0.385 e. The smallest absolute Gasteiger partial charge is 0.233 e. The lowest BCUT2D eigenvalue weighted by Gasteiger charge is -2.32. The van der Waals surface area contributed by atoms with Crippen molar-refractivity contribution in [1.29, 1.82) is 0 Å². The third-order valence-corrected chi connectivity index (χ3v) is 3.43. The van der Waals surface area contributed by atoms with Crippen molar-refractivity contribution < 1.29 is 9.53 Å². The molecule has 0 bridgehead atoms. The molecule has 1 amide bonds. The lowest BCUT2D eigenvalue weighted by Crippen LogP contribution is -2.45. The van der Waals surface area contributed by atoms with E-state index in [1.165, 1.54) is 25.8 Å². The summed E-state index contributed by atoms with van der Waals surface area (Å²) in [7, 11) is 3.83.